The van der Waals surface area contributed by atoms with Gasteiger partial charge in [-0.25, -0.2) is 0 Å². The lowest BCUT2D eigenvalue weighted by molar-refractivity contribution is -0.124. The zero-order valence-electron chi connectivity index (χ0n) is 10.9. The van der Waals surface area contributed by atoms with Crippen LogP contribution in [0.1, 0.15) is 18.2 Å². The fourth-order valence-electron chi connectivity index (χ4n) is 1.63. The number of hydrogen-bond donors (Lipinski definition) is 1. The Morgan fingerprint density at radius 3 is 2.90 bits per heavy atom. The summed E-state index contributed by atoms with van der Waals surface area (Å²) in [5, 5.41) is 4.27. The maximum absolute atomic E-state index is 12.1. The van der Waals surface area contributed by atoms with E-state index in [-0.39, 0.29) is 30.1 Å². The molecule has 106 valence electrons. The van der Waals surface area contributed by atoms with Crippen LogP contribution in [0.2, 0.25) is 0 Å². The third kappa shape index (κ3) is 3.49. The molecule has 0 saturated carbocycles. The summed E-state index contributed by atoms with van der Waals surface area (Å²) in [6.07, 6.45) is 2.11. The summed E-state index contributed by atoms with van der Waals surface area (Å²) < 4.78 is 0. The molecule has 0 spiro atoms. The second kappa shape index (κ2) is 6.71. The van der Waals surface area contributed by atoms with Gasteiger partial charge in [-0.2, -0.15) is 0 Å². The third-order valence-corrected chi connectivity index (χ3v) is 4.40. The van der Waals surface area contributed by atoms with Gasteiger partial charge in [-0.1, -0.05) is 13.0 Å². The number of thioether (sulfide) groups is 1. The van der Waals surface area contributed by atoms with Crippen LogP contribution >= 0.6 is 23.1 Å². The molecular formula is C13H14N2O3S2. The number of carbonyl (C=O) groups excluding carboxylic acids is 3. The molecule has 0 unspecified atom stereocenters. The minimum Gasteiger partial charge on any atom is -0.354 e. The maximum atomic E-state index is 12.1. The van der Waals surface area contributed by atoms with Crippen LogP contribution in [0.4, 0.5) is 4.79 Å². The lowest BCUT2D eigenvalue weighted by Crippen LogP contribution is -2.37. The molecule has 1 aliphatic rings. The first-order chi connectivity index (χ1) is 9.61. The maximum Gasteiger partial charge on any atom is 0.293 e. The van der Waals surface area contributed by atoms with E-state index in [9.17, 15) is 14.4 Å². The van der Waals surface area contributed by atoms with Crippen molar-refractivity contribution in [3.63, 3.8) is 0 Å². The van der Waals surface area contributed by atoms with Crippen molar-refractivity contribution in [2.45, 2.75) is 13.3 Å². The van der Waals surface area contributed by atoms with Crippen LogP contribution in [-0.2, 0) is 9.59 Å². The van der Waals surface area contributed by atoms with Gasteiger partial charge in [0.05, 0.1) is 4.91 Å². The van der Waals surface area contributed by atoms with Crippen molar-refractivity contribution >= 4 is 46.2 Å². The van der Waals surface area contributed by atoms with E-state index in [1.54, 1.807) is 13.0 Å². The van der Waals surface area contributed by atoms with Crippen molar-refractivity contribution in [2.24, 2.45) is 0 Å². The Hall–Kier alpha value is -1.60. The summed E-state index contributed by atoms with van der Waals surface area (Å²) in [7, 11) is 0. The van der Waals surface area contributed by atoms with Crippen molar-refractivity contribution in [1.29, 1.82) is 0 Å². The van der Waals surface area contributed by atoms with Gasteiger partial charge in [0.15, 0.2) is 0 Å². The highest BCUT2D eigenvalue weighted by atomic mass is 32.2. The molecule has 0 atom stereocenters. The summed E-state index contributed by atoms with van der Waals surface area (Å²) in [4.78, 5) is 37.5. The Bertz CT molecular complexity index is 552. The zero-order valence-corrected chi connectivity index (χ0v) is 12.6. The molecule has 2 heterocycles. The van der Waals surface area contributed by atoms with Crippen molar-refractivity contribution in [3.8, 4) is 0 Å². The molecular weight excluding hydrogens is 296 g/mol. The minimum absolute atomic E-state index is 0.0916. The Morgan fingerprint density at radius 2 is 2.25 bits per heavy atom. The van der Waals surface area contributed by atoms with Crippen LogP contribution < -0.4 is 5.32 Å². The lowest BCUT2D eigenvalue weighted by atomic mass is 10.3. The fourth-order valence-corrected chi connectivity index (χ4v) is 3.22. The van der Waals surface area contributed by atoms with E-state index in [4.69, 9.17) is 0 Å². The number of imide groups is 1. The summed E-state index contributed by atoms with van der Waals surface area (Å²) in [6, 6.07) is 3.78. The van der Waals surface area contributed by atoms with Crippen LogP contribution in [0, 0.1) is 0 Å². The summed E-state index contributed by atoms with van der Waals surface area (Å²) >= 11 is 2.45. The average Bonchev–Trinajstić information content (AvgIpc) is 3.02. The highest BCUT2D eigenvalue weighted by Crippen LogP contribution is 2.32. The summed E-state index contributed by atoms with van der Waals surface area (Å²) in [6.45, 7) is 2.24. The van der Waals surface area contributed by atoms with Crippen LogP contribution in [-0.4, -0.2) is 35.0 Å². The van der Waals surface area contributed by atoms with Gasteiger partial charge in [0.1, 0.15) is 0 Å². The zero-order chi connectivity index (χ0) is 14.5. The lowest BCUT2D eigenvalue weighted by Gasteiger charge is -2.12. The van der Waals surface area contributed by atoms with E-state index in [1.165, 1.54) is 16.2 Å². The topological polar surface area (TPSA) is 66.5 Å². The molecule has 2 rings (SSSR count). The molecule has 7 heteroatoms. The van der Waals surface area contributed by atoms with Gasteiger partial charge in [-0.15, -0.1) is 11.3 Å². The number of nitrogens with zero attached hydrogens (tertiary/aromatic N) is 1. The molecule has 5 nitrogen and oxygen atoms in total. The monoisotopic (exact) mass is 310 g/mol. The van der Waals surface area contributed by atoms with Gasteiger partial charge >= 0.3 is 0 Å². The number of amides is 3. The molecule has 1 fully saturated rings. The summed E-state index contributed by atoms with van der Waals surface area (Å²) in [5.74, 6) is -0.384. The number of hydrogen-bond acceptors (Lipinski definition) is 5. The molecule has 0 aliphatic carbocycles. The van der Waals surface area contributed by atoms with E-state index < -0.39 is 0 Å². The molecule has 20 heavy (non-hydrogen) atoms. The largest absolute Gasteiger partial charge is 0.354 e. The first kappa shape index (κ1) is 14.8. The van der Waals surface area contributed by atoms with Crippen LogP contribution in [0.5, 0.6) is 0 Å². The van der Waals surface area contributed by atoms with Gasteiger partial charge < -0.3 is 5.32 Å². The Labute approximate surface area is 125 Å². The fraction of sp³-hybridized carbons (Fsp3) is 0.308. The second-order valence-electron chi connectivity index (χ2n) is 4.05. The highest BCUT2D eigenvalue weighted by molar-refractivity contribution is 8.18. The Morgan fingerprint density at radius 1 is 1.45 bits per heavy atom. The smallest absolute Gasteiger partial charge is 0.293 e. The molecule has 1 aromatic heterocycles. The van der Waals surface area contributed by atoms with E-state index in [0.717, 1.165) is 16.6 Å². The Balaban J connectivity index is 1.97. The molecule has 0 bridgehead atoms. The van der Waals surface area contributed by atoms with Gasteiger partial charge in [-0.3, -0.25) is 19.3 Å². The normalized spacial score (nSPS) is 17.1. The number of nitrogens with one attached hydrogen (secondary N) is 1. The predicted molar refractivity (Wildman–Crippen MR) is 80.3 cm³/mol. The first-order valence-corrected chi connectivity index (χ1v) is 7.87. The molecule has 1 saturated heterocycles. The summed E-state index contributed by atoms with van der Waals surface area (Å²) in [5.41, 5.74) is 0. The van der Waals surface area contributed by atoms with Crippen molar-refractivity contribution in [2.75, 3.05) is 13.1 Å². The number of carbonyl (C=O) groups is 3. The van der Waals surface area contributed by atoms with Crippen molar-refractivity contribution in [1.82, 2.24) is 10.2 Å². The van der Waals surface area contributed by atoms with E-state index >= 15 is 0 Å². The van der Waals surface area contributed by atoms with E-state index in [2.05, 4.69) is 5.32 Å². The number of rotatable bonds is 5. The minimum atomic E-state index is -0.292. The van der Waals surface area contributed by atoms with Crippen molar-refractivity contribution in [3.05, 3.63) is 27.3 Å². The van der Waals surface area contributed by atoms with E-state index in [0.29, 0.717) is 11.3 Å². The standard InChI is InChI=1S/C13H14N2O3S2/c1-2-11(16)14-5-6-15-12(17)10(20-13(15)18)8-9-4-3-7-19-9/h3-4,7-8H,2,5-6H2,1H3,(H,14,16)/b10-8-. The first-order valence-electron chi connectivity index (χ1n) is 6.17. The van der Waals surface area contributed by atoms with Crippen LogP contribution in [0.3, 0.4) is 0 Å². The van der Waals surface area contributed by atoms with Crippen LogP contribution in [0.25, 0.3) is 6.08 Å². The molecule has 3 amide bonds. The van der Waals surface area contributed by atoms with Gasteiger partial charge in [-0.05, 0) is 29.3 Å². The SMILES string of the molecule is CCC(=O)NCCN1C(=O)S/C(=C\c2cccs2)C1=O. The molecule has 1 aromatic rings. The van der Waals surface area contributed by atoms with Gasteiger partial charge in [0, 0.05) is 24.4 Å². The van der Waals surface area contributed by atoms with Gasteiger partial charge in [0.25, 0.3) is 11.1 Å². The predicted octanol–water partition coefficient (Wildman–Crippen LogP) is 2.31. The number of thiophene rings is 1. The molecule has 1 aliphatic heterocycles. The molecule has 1 N–H and O–H groups in total. The average molecular weight is 310 g/mol. The highest BCUT2D eigenvalue weighted by Gasteiger charge is 2.34. The van der Waals surface area contributed by atoms with E-state index in [1.807, 2.05) is 17.5 Å². The van der Waals surface area contributed by atoms with Gasteiger partial charge in [0.2, 0.25) is 5.91 Å². The quantitative estimate of drug-likeness (QED) is 0.848. The second-order valence-corrected chi connectivity index (χ2v) is 6.02. The van der Waals surface area contributed by atoms with Crippen molar-refractivity contribution < 1.29 is 14.4 Å². The molecule has 0 aromatic carbocycles. The Kier molecular flexibility index (Phi) is 4.97. The van der Waals surface area contributed by atoms with Crippen LogP contribution in [0.15, 0.2) is 22.4 Å². The third-order valence-electron chi connectivity index (χ3n) is 2.67. The molecule has 0 radical (unpaired) electrons.